The first-order chi connectivity index (χ1) is 9.56. The molecule has 1 saturated heterocycles. The molecule has 3 rings (SSSR count). The average molecular weight is 306 g/mol. The maximum atomic E-state index is 9.83. The molecule has 1 fully saturated rings. The topological polar surface area (TPSA) is 24.7 Å². The second-order valence-corrected chi connectivity index (χ2v) is 6.62. The molecule has 21 heavy (non-hydrogen) atoms. The molecule has 2 nitrogen and oxygen atoms in total. The van der Waals surface area contributed by atoms with Crippen LogP contribution >= 0.6 is 0 Å². The number of piperidine rings is 1. The third-order valence-electron chi connectivity index (χ3n) is 5.74. The zero-order valence-electron chi connectivity index (χ0n) is 13.0. The standard InChI is InChI=1S/C18H23NO.ClH/c1-4-5-9-19-10-8-18(3)13(2)17(19)11-14-6-7-15(20)12-16(14)18;/h6-7,12-13,17,20H,8-11H2,1-3H3;1H/t13-,17-,18-;/m0./s1. The lowest BCUT2D eigenvalue weighted by molar-refractivity contribution is -0.930. The quantitative estimate of drug-likeness (QED) is 0.608. The lowest BCUT2D eigenvalue weighted by atomic mass is 9.59. The van der Waals surface area contributed by atoms with Gasteiger partial charge in [0, 0.05) is 24.2 Å². The second kappa shape index (κ2) is 5.91. The van der Waals surface area contributed by atoms with Gasteiger partial charge in [0.05, 0.1) is 12.6 Å². The van der Waals surface area contributed by atoms with Crippen LogP contribution in [0.5, 0.6) is 5.75 Å². The predicted molar refractivity (Wildman–Crippen MR) is 80.9 cm³/mol. The van der Waals surface area contributed by atoms with Gasteiger partial charge in [-0.25, -0.2) is 0 Å². The summed E-state index contributed by atoms with van der Waals surface area (Å²) >= 11 is 0. The lowest BCUT2D eigenvalue weighted by Crippen LogP contribution is -3.18. The van der Waals surface area contributed by atoms with Crippen molar-refractivity contribution in [2.45, 2.75) is 45.1 Å². The minimum atomic E-state index is 0. The summed E-state index contributed by atoms with van der Waals surface area (Å²) in [4.78, 5) is 1.64. The van der Waals surface area contributed by atoms with E-state index in [4.69, 9.17) is 0 Å². The first kappa shape index (κ1) is 16.2. The van der Waals surface area contributed by atoms with Crippen LogP contribution in [0.4, 0.5) is 0 Å². The molecule has 0 saturated carbocycles. The van der Waals surface area contributed by atoms with Crippen molar-refractivity contribution in [3.63, 3.8) is 0 Å². The minimum Gasteiger partial charge on any atom is -1.00 e. The Balaban J connectivity index is 0.00000161. The molecule has 0 radical (unpaired) electrons. The minimum absolute atomic E-state index is 0. The highest BCUT2D eigenvalue weighted by atomic mass is 35.5. The van der Waals surface area contributed by atoms with E-state index in [-0.39, 0.29) is 17.8 Å². The fraction of sp³-hybridized carbons (Fsp3) is 0.556. The second-order valence-electron chi connectivity index (χ2n) is 6.62. The van der Waals surface area contributed by atoms with Crippen molar-refractivity contribution in [3.05, 3.63) is 29.3 Å². The van der Waals surface area contributed by atoms with Gasteiger partial charge in [0.2, 0.25) is 0 Å². The number of likely N-dealkylation sites (tertiary alicyclic amines) is 1. The molecule has 2 aliphatic rings. The number of halogens is 1. The summed E-state index contributed by atoms with van der Waals surface area (Å²) in [6.07, 6.45) is 2.30. The van der Waals surface area contributed by atoms with Gasteiger partial charge in [-0.3, -0.25) is 0 Å². The van der Waals surface area contributed by atoms with Crippen molar-refractivity contribution >= 4 is 0 Å². The van der Waals surface area contributed by atoms with E-state index in [2.05, 4.69) is 31.8 Å². The van der Waals surface area contributed by atoms with Gasteiger partial charge in [0.1, 0.15) is 12.3 Å². The molecule has 1 heterocycles. The molecule has 3 heteroatoms. The fourth-order valence-electron chi connectivity index (χ4n) is 4.26. The summed E-state index contributed by atoms with van der Waals surface area (Å²) in [5.74, 6) is 7.34. The number of phenolic OH excluding ortho intramolecular Hbond substituents is 1. The van der Waals surface area contributed by atoms with Gasteiger partial charge in [-0.05, 0) is 36.1 Å². The van der Waals surface area contributed by atoms with E-state index in [1.54, 1.807) is 4.90 Å². The van der Waals surface area contributed by atoms with E-state index in [1.807, 2.05) is 19.1 Å². The number of nitrogens with one attached hydrogen (secondary N) is 1. The number of hydrogen-bond acceptors (Lipinski definition) is 1. The van der Waals surface area contributed by atoms with Crippen molar-refractivity contribution < 1.29 is 22.4 Å². The van der Waals surface area contributed by atoms with Crippen LogP contribution in [-0.2, 0) is 11.8 Å². The van der Waals surface area contributed by atoms with Gasteiger partial charge in [-0.15, -0.1) is 5.92 Å². The van der Waals surface area contributed by atoms with E-state index in [1.165, 1.54) is 24.1 Å². The van der Waals surface area contributed by atoms with Gasteiger partial charge >= 0.3 is 0 Å². The van der Waals surface area contributed by atoms with Gasteiger partial charge in [0.15, 0.2) is 0 Å². The van der Waals surface area contributed by atoms with Crippen molar-refractivity contribution in [2.24, 2.45) is 5.92 Å². The smallest absolute Gasteiger partial charge is 0.139 e. The molecule has 0 spiro atoms. The highest BCUT2D eigenvalue weighted by molar-refractivity contribution is 5.43. The number of quaternary nitrogens is 1. The third kappa shape index (κ3) is 2.54. The first-order valence-corrected chi connectivity index (χ1v) is 7.63. The molecule has 0 aromatic heterocycles. The van der Waals surface area contributed by atoms with Crippen molar-refractivity contribution in [3.8, 4) is 17.6 Å². The molecule has 1 aliphatic heterocycles. The maximum absolute atomic E-state index is 9.83. The molecule has 1 aromatic carbocycles. The van der Waals surface area contributed by atoms with Crippen LogP contribution in [0.2, 0.25) is 0 Å². The third-order valence-corrected chi connectivity index (χ3v) is 5.74. The van der Waals surface area contributed by atoms with E-state index >= 15 is 0 Å². The summed E-state index contributed by atoms with van der Waals surface area (Å²) in [6.45, 7) is 8.85. The Morgan fingerprint density at radius 3 is 2.90 bits per heavy atom. The van der Waals surface area contributed by atoms with Crippen LogP contribution in [0, 0.1) is 17.8 Å². The number of rotatable bonds is 1. The average Bonchev–Trinajstić information content (AvgIpc) is 2.43. The lowest BCUT2D eigenvalue weighted by Gasteiger charge is -2.51. The molecule has 1 unspecified atom stereocenters. The fourth-order valence-corrected chi connectivity index (χ4v) is 4.26. The molecule has 1 aromatic rings. The highest BCUT2D eigenvalue weighted by Crippen LogP contribution is 2.45. The number of phenols is 1. The monoisotopic (exact) mass is 305 g/mol. The van der Waals surface area contributed by atoms with E-state index in [0.29, 0.717) is 17.7 Å². The number of hydrogen-bond donors (Lipinski definition) is 2. The number of benzene rings is 1. The largest absolute Gasteiger partial charge is 1.00 e. The van der Waals surface area contributed by atoms with Gasteiger partial charge in [0.25, 0.3) is 0 Å². The number of fused-ring (bicyclic) bond motifs is 4. The van der Waals surface area contributed by atoms with Gasteiger partial charge in [-0.2, -0.15) is 0 Å². The van der Waals surface area contributed by atoms with Crippen molar-refractivity contribution in [1.82, 2.24) is 0 Å². The summed E-state index contributed by atoms with van der Waals surface area (Å²) in [5, 5.41) is 9.83. The first-order valence-electron chi connectivity index (χ1n) is 7.63. The molecule has 2 N–H and O–H groups in total. The molecule has 2 bridgehead atoms. The normalized spacial score (nSPS) is 33.2. The van der Waals surface area contributed by atoms with E-state index < -0.39 is 0 Å². The van der Waals surface area contributed by atoms with Gasteiger partial charge in [-0.1, -0.05) is 19.9 Å². The van der Waals surface area contributed by atoms with E-state index in [0.717, 1.165) is 13.0 Å². The Labute approximate surface area is 134 Å². The summed E-state index contributed by atoms with van der Waals surface area (Å²) in [7, 11) is 0. The summed E-state index contributed by atoms with van der Waals surface area (Å²) in [6, 6.07) is 6.61. The zero-order chi connectivity index (χ0) is 14.3. The molecular weight excluding hydrogens is 282 g/mol. The number of aromatic hydroxyl groups is 1. The molecule has 0 amide bonds. The predicted octanol–water partition coefficient (Wildman–Crippen LogP) is -1.47. The molecular formula is C18H24ClNO. The Hall–Kier alpha value is -1.17. The molecule has 114 valence electrons. The Morgan fingerprint density at radius 2 is 2.19 bits per heavy atom. The SMILES string of the molecule is CC#CC[NH+]1CC[C@]2(C)c3cc(O)ccc3C[C@H]1[C@@H]2C.[Cl-]. The van der Waals surface area contributed by atoms with Crippen LogP contribution in [0.25, 0.3) is 0 Å². The summed E-state index contributed by atoms with van der Waals surface area (Å²) < 4.78 is 0. The zero-order valence-corrected chi connectivity index (χ0v) is 13.8. The Kier molecular flexibility index (Phi) is 4.56. The van der Waals surface area contributed by atoms with Crippen LogP contribution in [-0.4, -0.2) is 24.2 Å². The van der Waals surface area contributed by atoms with Crippen LogP contribution in [0.1, 0.15) is 38.3 Å². The molecule has 1 aliphatic carbocycles. The van der Waals surface area contributed by atoms with Gasteiger partial charge < -0.3 is 22.4 Å². The summed E-state index contributed by atoms with van der Waals surface area (Å²) in [5.41, 5.74) is 3.01. The van der Waals surface area contributed by atoms with E-state index in [9.17, 15) is 5.11 Å². The highest BCUT2D eigenvalue weighted by Gasteiger charge is 2.50. The Bertz CT molecular complexity index is 589. The van der Waals surface area contributed by atoms with Crippen molar-refractivity contribution in [1.29, 1.82) is 0 Å². The van der Waals surface area contributed by atoms with Crippen LogP contribution < -0.4 is 17.3 Å². The van der Waals surface area contributed by atoms with Crippen molar-refractivity contribution in [2.75, 3.05) is 13.1 Å². The molecule has 4 atom stereocenters. The van der Waals surface area contributed by atoms with Crippen LogP contribution in [0.3, 0.4) is 0 Å². The Morgan fingerprint density at radius 1 is 1.43 bits per heavy atom. The maximum Gasteiger partial charge on any atom is 0.139 e. The van der Waals surface area contributed by atoms with Crippen LogP contribution in [0.15, 0.2) is 18.2 Å².